The van der Waals surface area contributed by atoms with Crippen LogP contribution in [0.2, 0.25) is 0 Å². The van der Waals surface area contributed by atoms with Crippen molar-refractivity contribution in [3.8, 4) is 0 Å². The summed E-state index contributed by atoms with van der Waals surface area (Å²) in [5.41, 5.74) is 0. The second-order valence-electron chi connectivity index (χ2n) is 4.61. The molecule has 0 aromatic heterocycles. The van der Waals surface area contributed by atoms with Gasteiger partial charge in [-0.3, -0.25) is 0 Å². The summed E-state index contributed by atoms with van der Waals surface area (Å²) in [4.78, 5) is 2.99. The third-order valence-corrected chi connectivity index (χ3v) is 2.83. The molecule has 1 heterocycles. The summed E-state index contributed by atoms with van der Waals surface area (Å²) in [6.45, 7) is 9.90. The van der Waals surface area contributed by atoms with Gasteiger partial charge in [0.1, 0.15) is 51.5 Å². The summed E-state index contributed by atoms with van der Waals surface area (Å²) in [7, 11) is 0. The van der Waals surface area contributed by atoms with Crippen molar-refractivity contribution in [2.75, 3.05) is 39.3 Å². The van der Waals surface area contributed by atoms with E-state index in [1.807, 2.05) is 13.8 Å². The zero-order chi connectivity index (χ0) is 10.6. The molecule has 0 saturated carbocycles. The molecule has 0 bridgehead atoms. The lowest BCUT2D eigenvalue weighted by atomic mass is 10.2. The van der Waals surface area contributed by atoms with Crippen LogP contribution in [0.15, 0.2) is 0 Å². The first-order chi connectivity index (χ1) is 6.58. The van der Waals surface area contributed by atoms with Gasteiger partial charge in [-0.15, -0.1) is 0 Å². The molecule has 0 aliphatic carbocycles. The van der Waals surface area contributed by atoms with Crippen molar-refractivity contribution < 1.29 is 20.0 Å². The highest BCUT2D eigenvalue weighted by atomic mass is 16.3. The van der Waals surface area contributed by atoms with Gasteiger partial charge in [0.2, 0.25) is 0 Å². The lowest BCUT2D eigenvalue weighted by Crippen LogP contribution is -3.28. The van der Waals surface area contributed by atoms with Gasteiger partial charge in [0, 0.05) is 0 Å². The molecule has 1 fully saturated rings. The second kappa shape index (κ2) is 5.66. The SMILES string of the molecule is C[C@@H](O)C[NH+]1CC[NH+](C[C@@H](C)O)CC1. The molecular formula is C10H24N2O2+2. The van der Waals surface area contributed by atoms with Crippen LogP contribution >= 0.6 is 0 Å². The lowest BCUT2D eigenvalue weighted by molar-refractivity contribution is -1.01. The molecule has 0 unspecified atom stereocenters. The monoisotopic (exact) mass is 204 g/mol. The van der Waals surface area contributed by atoms with E-state index in [4.69, 9.17) is 0 Å². The normalized spacial score (nSPS) is 32.6. The highest BCUT2D eigenvalue weighted by molar-refractivity contribution is 4.46. The molecule has 4 heteroatoms. The molecule has 0 aromatic carbocycles. The molecule has 0 radical (unpaired) electrons. The topological polar surface area (TPSA) is 49.3 Å². The molecule has 2 atom stereocenters. The van der Waals surface area contributed by atoms with E-state index < -0.39 is 0 Å². The molecule has 4 N–H and O–H groups in total. The predicted molar refractivity (Wildman–Crippen MR) is 54.5 cm³/mol. The van der Waals surface area contributed by atoms with E-state index in [-0.39, 0.29) is 12.2 Å². The average molecular weight is 204 g/mol. The molecule has 4 nitrogen and oxygen atoms in total. The van der Waals surface area contributed by atoms with Gasteiger partial charge in [-0.25, -0.2) is 0 Å². The van der Waals surface area contributed by atoms with Crippen molar-refractivity contribution in [1.82, 2.24) is 0 Å². The first-order valence-corrected chi connectivity index (χ1v) is 5.61. The fourth-order valence-corrected chi connectivity index (χ4v) is 2.20. The van der Waals surface area contributed by atoms with E-state index in [2.05, 4.69) is 0 Å². The van der Waals surface area contributed by atoms with Crippen molar-refractivity contribution >= 4 is 0 Å². The maximum absolute atomic E-state index is 9.25. The van der Waals surface area contributed by atoms with Gasteiger partial charge in [0.05, 0.1) is 0 Å². The minimum atomic E-state index is -0.191. The van der Waals surface area contributed by atoms with Crippen LogP contribution in [0.3, 0.4) is 0 Å². The third kappa shape index (κ3) is 4.37. The van der Waals surface area contributed by atoms with Gasteiger partial charge in [0.15, 0.2) is 0 Å². The molecule has 0 amide bonds. The Kier molecular flexibility index (Phi) is 4.81. The number of quaternary nitrogens is 2. The van der Waals surface area contributed by atoms with Crippen LogP contribution in [0.25, 0.3) is 0 Å². The van der Waals surface area contributed by atoms with Crippen molar-refractivity contribution in [3.05, 3.63) is 0 Å². The number of nitrogens with one attached hydrogen (secondary N) is 2. The van der Waals surface area contributed by atoms with Crippen LogP contribution in [0.4, 0.5) is 0 Å². The zero-order valence-corrected chi connectivity index (χ0v) is 9.29. The van der Waals surface area contributed by atoms with E-state index in [9.17, 15) is 10.2 Å². The van der Waals surface area contributed by atoms with Crippen LogP contribution in [-0.2, 0) is 0 Å². The summed E-state index contributed by atoms with van der Waals surface area (Å²) < 4.78 is 0. The zero-order valence-electron chi connectivity index (χ0n) is 9.29. The first kappa shape index (κ1) is 11.9. The largest absolute Gasteiger partial charge is 0.388 e. The highest BCUT2D eigenvalue weighted by Gasteiger charge is 2.24. The molecule has 1 aliphatic rings. The van der Waals surface area contributed by atoms with Gasteiger partial charge in [-0.05, 0) is 13.8 Å². The molecule has 0 spiro atoms. The van der Waals surface area contributed by atoms with E-state index in [0.29, 0.717) is 0 Å². The first-order valence-electron chi connectivity index (χ1n) is 5.61. The Morgan fingerprint density at radius 3 is 1.36 bits per heavy atom. The number of rotatable bonds is 4. The molecule has 84 valence electrons. The average Bonchev–Trinajstić information content (AvgIpc) is 2.06. The van der Waals surface area contributed by atoms with E-state index >= 15 is 0 Å². The van der Waals surface area contributed by atoms with Crippen LogP contribution in [0, 0.1) is 0 Å². The fraction of sp³-hybridized carbons (Fsp3) is 1.00. The molecule has 1 saturated heterocycles. The summed E-state index contributed by atoms with van der Waals surface area (Å²) in [5.74, 6) is 0. The molecule has 0 aromatic rings. The van der Waals surface area contributed by atoms with Crippen LogP contribution < -0.4 is 9.80 Å². The number of piperazine rings is 1. The van der Waals surface area contributed by atoms with Gasteiger partial charge in [-0.2, -0.15) is 0 Å². The Labute approximate surface area is 86.1 Å². The van der Waals surface area contributed by atoms with Crippen LogP contribution in [-0.4, -0.2) is 61.7 Å². The van der Waals surface area contributed by atoms with E-state index in [0.717, 1.165) is 39.3 Å². The second-order valence-corrected chi connectivity index (χ2v) is 4.61. The minimum Gasteiger partial charge on any atom is -0.388 e. The fourth-order valence-electron chi connectivity index (χ4n) is 2.20. The smallest absolute Gasteiger partial charge is 0.127 e. The maximum Gasteiger partial charge on any atom is 0.127 e. The summed E-state index contributed by atoms with van der Waals surface area (Å²) in [6, 6.07) is 0. The number of aliphatic hydroxyl groups is 2. The summed E-state index contributed by atoms with van der Waals surface area (Å²) in [5, 5.41) is 18.5. The Morgan fingerprint density at radius 2 is 1.14 bits per heavy atom. The Morgan fingerprint density at radius 1 is 0.857 bits per heavy atom. The Bertz CT molecular complexity index is 136. The summed E-state index contributed by atoms with van der Waals surface area (Å²) >= 11 is 0. The minimum absolute atomic E-state index is 0.191. The Hall–Kier alpha value is -0.160. The van der Waals surface area contributed by atoms with E-state index in [1.165, 1.54) is 9.80 Å². The molecular weight excluding hydrogens is 180 g/mol. The van der Waals surface area contributed by atoms with Crippen LogP contribution in [0.5, 0.6) is 0 Å². The standard InChI is InChI=1S/C10H22N2O2/c1-9(13)7-11-3-5-12(6-4-11)8-10(2)14/h9-10,13-14H,3-8H2,1-2H3/p+2/t9-,10-/m1/s1. The molecule has 14 heavy (non-hydrogen) atoms. The number of aliphatic hydroxyl groups excluding tert-OH is 2. The van der Waals surface area contributed by atoms with Crippen molar-refractivity contribution in [3.63, 3.8) is 0 Å². The molecule has 1 aliphatic heterocycles. The number of hydrogen-bond acceptors (Lipinski definition) is 2. The van der Waals surface area contributed by atoms with Crippen molar-refractivity contribution in [1.29, 1.82) is 0 Å². The maximum atomic E-state index is 9.25. The third-order valence-electron chi connectivity index (χ3n) is 2.83. The van der Waals surface area contributed by atoms with Crippen molar-refractivity contribution in [2.24, 2.45) is 0 Å². The van der Waals surface area contributed by atoms with Gasteiger partial charge < -0.3 is 20.0 Å². The molecule has 1 rings (SSSR count). The summed E-state index contributed by atoms with van der Waals surface area (Å²) in [6.07, 6.45) is -0.383. The highest BCUT2D eigenvalue weighted by Crippen LogP contribution is 1.73. The van der Waals surface area contributed by atoms with Gasteiger partial charge in [-0.1, -0.05) is 0 Å². The Balaban J connectivity index is 2.17. The quantitative estimate of drug-likeness (QED) is 0.385. The predicted octanol–water partition coefficient (Wildman–Crippen LogP) is -3.47. The lowest BCUT2D eigenvalue weighted by Gasteiger charge is -2.30. The van der Waals surface area contributed by atoms with Gasteiger partial charge in [0.25, 0.3) is 0 Å². The number of hydrogen-bond donors (Lipinski definition) is 4. The van der Waals surface area contributed by atoms with Crippen LogP contribution in [0.1, 0.15) is 13.8 Å². The van der Waals surface area contributed by atoms with Gasteiger partial charge >= 0.3 is 0 Å². The van der Waals surface area contributed by atoms with E-state index in [1.54, 1.807) is 0 Å². The van der Waals surface area contributed by atoms with Crippen molar-refractivity contribution in [2.45, 2.75) is 26.1 Å².